The first kappa shape index (κ1) is 20.2. The van der Waals surface area contributed by atoms with Crippen LogP contribution in [0.25, 0.3) is 5.57 Å². The van der Waals surface area contributed by atoms with Crippen molar-refractivity contribution in [3.63, 3.8) is 0 Å². The van der Waals surface area contributed by atoms with E-state index < -0.39 is 0 Å². The van der Waals surface area contributed by atoms with Crippen molar-refractivity contribution >= 4 is 29.1 Å². The van der Waals surface area contributed by atoms with Crippen LogP contribution in [-0.4, -0.2) is 23.3 Å². The standard InChI is InChI=1S/C26H23NO2S/c1-18-13-14-22(19(2)17-18)23-24(30-21-11-7-4-8-12-21)26(29)27(25(23)28)16-15-20-9-5-3-6-10-20/h3-14,17H,15-16H2,1-2H3. The number of benzene rings is 3. The number of amides is 2. The molecule has 0 unspecified atom stereocenters. The van der Waals surface area contributed by atoms with Crippen molar-refractivity contribution in [2.24, 2.45) is 0 Å². The molecule has 0 fully saturated rings. The third-order valence-electron chi connectivity index (χ3n) is 5.21. The predicted molar refractivity (Wildman–Crippen MR) is 122 cm³/mol. The largest absolute Gasteiger partial charge is 0.274 e. The van der Waals surface area contributed by atoms with Gasteiger partial charge in [0.25, 0.3) is 11.8 Å². The molecule has 0 spiro atoms. The van der Waals surface area contributed by atoms with Crippen molar-refractivity contribution in [2.75, 3.05) is 6.54 Å². The van der Waals surface area contributed by atoms with Crippen LogP contribution in [0, 0.1) is 13.8 Å². The highest BCUT2D eigenvalue weighted by Crippen LogP contribution is 2.40. The molecule has 0 radical (unpaired) electrons. The Morgan fingerprint density at radius 3 is 2.13 bits per heavy atom. The maximum absolute atomic E-state index is 13.4. The fourth-order valence-corrected chi connectivity index (χ4v) is 4.70. The minimum Gasteiger partial charge on any atom is -0.274 e. The normalized spacial score (nSPS) is 14.0. The molecule has 0 N–H and O–H groups in total. The van der Waals surface area contributed by atoms with Crippen LogP contribution in [-0.2, 0) is 16.0 Å². The van der Waals surface area contributed by atoms with Crippen LogP contribution in [0.1, 0.15) is 22.3 Å². The molecule has 0 bridgehead atoms. The summed E-state index contributed by atoms with van der Waals surface area (Å²) in [5.41, 5.74) is 4.59. The molecule has 3 aromatic carbocycles. The second-order valence-electron chi connectivity index (χ2n) is 7.44. The fourth-order valence-electron chi connectivity index (χ4n) is 3.68. The topological polar surface area (TPSA) is 37.4 Å². The highest BCUT2D eigenvalue weighted by molar-refractivity contribution is 8.04. The third-order valence-corrected chi connectivity index (χ3v) is 6.30. The van der Waals surface area contributed by atoms with Gasteiger partial charge in [-0.1, -0.05) is 84.1 Å². The number of nitrogens with zero attached hydrogens (tertiary/aromatic N) is 1. The predicted octanol–water partition coefficient (Wildman–Crippen LogP) is 5.42. The Bertz CT molecular complexity index is 1120. The van der Waals surface area contributed by atoms with Crippen LogP contribution in [0.5, 0.6) is 0 Å². The number of imide groups is 1. The number of hydrogen-bond acceptors (Lipinski definition) is 3. The van der Waals surface area contributed by atoms with Crippen LogP contribution in [0.15, 0.2) is 88.7 Å². The van der Waals surface area contributed by atoms with Crippen molar-refractivity contribution < 1.29 is 9.59 Å². The van der Waals surface area contributed by atoms with Crippen LogP contribution in [0.4, 0.5) is 0 Å². The molecule has 0 saturated carbocycles. The molecular formula is C26H23NO2S. The molecule has 150 valence electrons. The Kier molecular flexibility index (Phi) is 5.86. The summed E-state index contributed by atoms with van der Waals surface area (Å²) < 4.78 is 0. The summed E-state index contributed by atoms with van der Waals surface area (Å²) in [6.45, 7) is 4.39. The molecule has 0 atom stereocenters. The van der Waals surface area contributed by atoms with Gasteiger partial charge in [-0.25, -0.2) is 0 Å². The van der Waals surface area contributed by atoms with Crippen LogP contribution >= 0.6 is 11.8 Å². The second kappa shape index (κ2) is 8.72. The van der Waals surface area contributed by atoms with E-state index in [1.807, 2.05) is 86.6 Å². The number of thioether (sulfide) groups is 1. The van der Waals surface area contributed by atoms with Gasteiger partial charge >= 0.3 is 0 Å². The summed E-state index contributed by atoms with van der Waals surface area (Å²) in [4.78, 5) is 29.6. The zero-order valence-corrected chi connectivity index (χ0v) is 17.9. The second-order valence-corrected chi connectivity index (χ2v) is 8.52. The van der Waals surface area contributed by atoms with Gasteiger partial charge in [0.05, 0.1) is 10.5 Å². The lowest BCUT2D eigenvalue weighted by molar-refractivity contribution is -0.136. The zero-order chi connectivity index (χ0) is 21.1. The van der Waals surface area contributed by atoms with E-state index in [0.717, 1.165) is 27.1 Å². The van der Waals surface area contributed by atoms with Crippen LogP contribution in [0.2, 0.25) is 0 Å². The van der Waals surface area contributed by atoms with Gasteiger partial charge in [-0.15, -0.1) is 0 Å². The van der Waals surface area contributed by atoms with Gasteiger partial charge in [0.15, 0.2) is 0 Å². The molecule has 0 aromatic heterocycles. The summed E-state index contributed by atoms with van der Waals surface area (Å²) in [6.07, 6.45) is 0.641. The van der Waals surface area contributed by atoms with E-state index in [1.54, 1.807) is 0 Å². The molecule has 3 nitrogen and oxygen atoms in total. The quantitative estimate of drug-likeness (QED) is 0.507. The molecule has 30 heavy (non-hydrogen) atoms. The van der Waals surface area contributed by atoms with Gasteiger partial charge in [-0.3, -0.25) is 14.5 Å². The van der Waals surface area contributed by atoms with Gasteiger partial charge in [-0.05, 0) is 49.1 Å². The van der Waals surface area contributed by atoms with E-state index in [4.69, 9.17) is 0 Å². The van der Waals surface area contributed by atoms with Gasteiger partial charge in [-0.2, -0.15) is 0 Å². The fraction of sp³-hybridized carbons (Fsp3) is 0.154. The summed E-state index contributed by atoms with van der Waals surface area (Å²) in [7, 11) is 0. The number of carbonyl (C=O) groups is 2. The average molecular weight is 414 g/mol. The lowest BCUT2D eigenvalue weighted by atomic mass is 9.99. The van der Waals surface area contributed by atoms with E-state index in [1.165, 1.54) is 16.7 Å². The first-order valence-corrected chi connectivity index (χ1v) is 10.8. The Labute approximate surface area is 181 Å². The third kappa shape index (κ3) is 4.10. The van der Waals surface area contributed by atoms with Crippen LogP contribution < -0.4 is 0 Å². The highest BCUT2D eigenvalue weighted by atomic mass is 32.2. The van der Waals surface area contributed by atoms with Crippen molar-refractivity contribution in [1.82, 2.24) is 4.90 Å². The smallest absolute Gasteiger partial charge is 0.268 e. The molecule has 0 saturated heterocycles. The van der Waals surface area contributed by atoms with Gasteiger partial charge in [0.1, 0.15) is 0 Å². The summed E-state index contributed by atoms with van der Waals surface area (Å²) in [6, 6.07) is 25.7. The van der Waals surface area contributed by atoms with E-state index in [2.05, 4.69) is 6.07 Å². The molecule has 4 rings (SSSR count). The lowest BCUT2D eigenvalue weighted by Crippen LogP contribution is -2.33. The molecule has 1 heterocycles. The molecule has 1 aliphatic heterocycles. The molecule has 2 amide bonds. The van der Waals surface area contributed by atoms with E-state index >= 15 is 0 Å². The molecule has 3 aromatic rings. The Balaban J connectivity index is 1.70. The minimum atomic E-state index is -0.209. The average Bonchev–Trinajstić information content (AvgIpc) is 2.98. The number of rotatable bonds is 6. The van der Waals surface area contributed by atoms with Gasteiger partial charge in [0.2, 0.25) is 0 Å². The first-order chi connectivity index (χ1) is 14.5. The van der Waals surface area contributed by atoms with E-state index in [-0.39, 0.29) is 11.8 Å². The molecule has 1 aliphatic rings. The number of hydrogen-bond donors (Lipinski definition) is 0. The summed E-state index contributed by atoms with van der Waals surface area (Å²) in [5.74, 6) is -0.416. The molecule has 0 aliphatic carbocycles. The van der Waals surface area contributed by atoms with E-state index in [9.17, 15) is 9.59 Å². The van der Waals surface area contributed by atoms with Gasteiger partial charge < -0.3 is 0 Å². The lowest BCUT2D eigenvalue weighted by Gasteiger charge is -2.15. The summed E-state index contributed by atoms with van der Waals surface area (Å²) >= 11 is 1.37. The number of aryl methyl sites for hydroxylation is 2. The highest BCUT2D eigenvalue weighted by Gasteiger charge is 2.39. The van der Waals surface area contributed by atoms with Crippen LogP contribution in [0.3, 0.4) is 0 Å². The van der Waals surface area contributed by atoms with Gasteiger partial charge in [0, 0.05) is 11.4 Å². The number of carbonyl (C=O) groups excluding carboxylic acids is 2. The van der Waals surface area contributed by atoms with E-state index in [0.29, 0.717) is 23.4 Å². The monoisotopic (exact) mass is 413 g/mol. The SMILES string of the molecule is Cc1ccc(C2=C(Sc3ccccc3)C(=O)N(CCc3ccccc3)C2=O)c(C)c1. The summed E-state index contributed by atoms with van der Waals surface area (Å²) in [5, 5.41) is 0. The van der Waals surface area contributed by atoms with Crippen molar-refractivity contribution in [1.29, 1.82) is 0 Å². The van der Waals surface area contributed by atoms with Crippen molar-refractivity contribution in [2.45, 2.75) is 25.2 Å². The maximum Gasteiger partial charge on any atom is 0.268 e. The maximum atomic E-state index is 13.4. The molecule has 4 heteroatoms. The molecular weight excluding hydrogens is 390 g/mol. The Morgan fingerprint density at radius 2 is 1.47 bits per heavy atom. The Hall–Kier alpha value is -3.11. The zero-order valence-electron chi connectivity index (χ0n) is 17.1. The van der Waals surface area contributed by atoms with Crippen molar-refractivity contribution in [3.05, 3.63) is 106 Å². The van der Waals surface area contributed by atoms with Crippen molar-refractivity contribution in [3.8, 4) is 0 Å². The Morgan fingerprint density at radius 1 is 0.800 bits per heavy atom. The minimum absolute atomic E-state index is 0.207. The first-order valence-electron chi connectivity index (χ1n) is 9.99.